The number of carbonyl (C=O) groups is 6. The first-order chi connectivity index (χ1) is 26.6. The van der Waals surface area contributed by atoms with Crippen LogP contribution in [0.25, 0.3) is 11.0 Å². The number of carboxylic acids is 3. The maximum absolute atomic E-state index is 14.1. The van der Waals surface area contributed by atoms with Gasteiger partial charge in [-0.05, 0) is 45.8 Å². The highest BCUT2D eigenvalue weighted by molar-refractivity contribution is 8.01. The molecule has 1 saturated heterocycles. The summed E-state index contributed by atoms with van der Waals surface area (Å²) in [7, 11) is 1.10. The van der Waals surface area contributed by atoms with Gasteiger partial charge < -0.3 is 50.1 Å². The van der Waals surface area contributed by atoms with E-state index in [1.54, 1.807) is 0 Å². The fraction of sp³-hybridized carbons (Fsp3) is 0.250. The molecular weight excluding hydrogens is 787 g/mol. The number of rotatable bonds is 15. The summed E-state index contributed by atoms with van der Waals surface area (Å²) < 4.78 is 16.8. The van der Waals surface area contributed by atoms with Crippen molar-refractivity contribution >= 4 is 70.1 Å². The van der Waals surface area contributed by atoms with Gasteiger partial charge in [0.1, 0.15) is 40.6 Å². The molecule has 2 aliphatic rings. The minimum Gasteiger partial charge on any atom is -0.504 e. The number of aliphatic carboxylic acids is 3. The predicted molar refractivity (Wildman–Crippen MR) is 187 cm³/mol. The number of amides is 3. The highest BCUT2D eigenvalue weighted by Crippen LogP contribution is 2.47. The second kappa shape index (κ2) is 15.6. The van der Waals surface area contributed by atoms with Crippen molar-refractivity contribution in [1.29, 1.82) is 0 Å². The number of phenols is 2. The highest BCUT2D eigenvalue weighted by Gasteiger charge is 2.67. The summed E-state index contributed by atoms with van der Waals surface area (Å²) in [5.41, 5.74) is -4.22. The fourth-order valence-electron chi connectivity index (χ4n) is 5.70. The van der Waals surface area contributed by atoms with E-state index in [1.807, 2.05) is 0 Å². The lowest BCUT2D eigenvalue weighted by Crippen LogP contribution is -2.81. The number of methoxy groups -OCH3 is 1. The maximum Gasteiger partial charge on any atom is 0.352 e. The molecular formula is C32H27N7O15S2. The SMILES string of the molecule is CO[C@@]1(NC(=O)C(NC(=O)c2cc3cc(O)c(O)cc3oc2=O)c2ccc(OCC(=O)O)cc2)C(=O)N2C(C(=O)O)=C(CSc3nnnn3CC(=O)O)CS[C@H]21. The Balaban J connectivity index is 1.28. The molecule has 1 unspecified atom stereocenters. The van der Waals surface area contributed by atoms with Crippen LogP contribution in [0.2, 0.25) is 0 Å². The van der Waals surface area contributed by atoms with Crippen molar-refractivity contribution in [3.05, 3.63) is 75.3 Å². The molecule has 1 fully saturated rings. The van der Waals surface area contributed by atoms with Gasteiger partial charge in [-0.3, -0.25) is 24.1 Å². The predicted octanol–water partition coefficient (Wildman–Crippen LogP) is -0.285. The van der Waals surface area contributed by atoms with E-state index in [0.29, 0.717) is 0 Å². The molecule has 3 amide bonds. The third-order valence-corrected chi connectivity index (χ3v) is 10.7. The first-order valence-corrected chi connectivity index (χ1v) is 17.8. The van der Waals surface area contributed by atoms with E-state index in [2.05, 4.69) is 26.2 Å². The zero-order chi connectivity index (χ0) is 40.5. The van der Waals surface area contributed by atoms with Gasteiger partial charge in [-0.1, -0.05) is 23.9 Å². The summed E-state index contributed by atoms with van der Waals surface area (Å²) in [5.74, 6) is -8.27. The Hall–Kier alpha value is -6.66. The van der Waals surface area contributed by atoms with Gasteiger partial charge in [-0.2, -0.15) is 0 Å². The summed E-state index contributed by atoms with van der Waals surface area (Å²) in [5, 5.41) is 62.6. The molecule has 4 aromatic rings. The average molecular weight is 814 g/mol. The van der Waals surface area contributed by atoms with E-state index in [9.17, 15) is 48.9 Å². The Morgan fingerprint density at radius 2 is 1.77 bits per heavy atom. The molecule has 0 spiro atoms. The monoisotopic (exact) mass is 813 g/mol. The third-order valence-electron chi connectivity index (χ3n) is 8.29. The number of phenolic OH excluding ortho intramolecular Hbond substituents is 2. The number of ether oxygens (including phenoxy) is 2. The lowest BCUT2D eigenvalue weighted by molar-refractivity contribution is -0.192. The summed E-state index contributed by atoms with van der Waals surface area (Å²) in [6.45, 7) is -1.23. The van der Waals surface area contributed by atoms with Crippen LogP contribution in [0.4, 0.5) is 0 Å². The van der Waals surface area contributed by atoms with Crippen molar-refractivity contribution in [1.82, 2.24) is 35.7 Å². The van der Waals surface area contributed by atoms with Crippen LogP contribution < -0.4 is 21.0 Å². The minimum absolute atomic E-state index is 0.00754. The number of aromatic nitrogens is 4. The second-order valence-electron chi connectivity index (χ2n) is 11.8. The summed E-state index contributed by atoms with van der Waals surface area (Å²) in [6, 6.07) is 6.56. The molecule has 3 atom stereocenters. The van der Waals surface area contributed by atoms with Crippen LogP contribution >= 0.6 is 23.5 Å². The molecule has 2 aromatic heterocycles. The van der Waals surface area contributed by atoms with Crippen molar-refractivity contribution in [3.63, 3.8) is 0 Å². The second-order valence-corrected chi connectivity index (χ2v) is 13.8. The molecule has 2 aromatic carbocycles. The van der Waals surface area contributed by atoms with Crippen LogP contribution in [-0.2, 0) is 35.3 Å². The molecule has 7 N–H and O–H groups in total. The fourth-order valence-corrected chi connectivity index (χ4v) is 8.16. The molecule has 0 aliphatic carbocycles. The number of thioether (sulfide) groups is 2. The van der Waals surface area contributed by atoms with Crippen molar-refractivity contribution in [3.8, 4) is 17.2 Å². The van der Waals surface area contributed by atoms with Gasteiger partial charge in [0.2, 0.25) is 11.1 Å². The van der Waals surface area contributed by atoms with E-state index < -0.39 is 94.3 Å². The Labute approximate surface area is 320 Å². The number of fused-ring (bicyclic) bond motifs is 2. The van der Waals surface area contributed by atoms with Gasteiger partial charge in [-0.25, -0.2) is 19.1 Å². The Bertz CT molecular complexity index is 2380. The van der Waals surface area contributed by atoms with Crippen LogP contribution in [0, 0.1) is 0 Å². The van der Waals surface area contributed by atoms with E-state index in [4.69, 9.17) is 24.1 Å². The first-order valence-electron chi connectivity index (χ1n) is 15.8. The van der Waals surface area contributed by atoms with Crippen LogP contribution in [0.5, 0.6) is 17.2 Å². The number of benzene rings is 2. The Morgan fingerprint density at radius 1 is 1.05 bits per heavy atom. The van der Waals surface area contributed by atoms with E-state index in [-0.39, 0.29) is 44.5 Å². The normalized spacial score (nSPS) is 18.1. The Kier molecular flexibility index (Phi) is 10.9. The topological polar surface area (TPSA) is 323 Å². The minimum atomic E-state index is -2.16. The molecule has 4 heterocycles. The molecule has 0 saturated carbocycles. The number of hydrogen-bond donors (Lipinski definition) is 7. The summed E-state index contributed by atoms with van der Waals surface area (Å²) in [4.78, 5) is 90.0. The van der Waals surface area contributed by atoms with Gasteiger partial charge in [0, 0.05) is 30.1 Å². The van der Waals surface area contributed by atoms with E-state index >= 15 is 0 Å². The van der Waals surface area contributed by atoms with Crippen molar-refractivity contribution in [2.24, 2.45) is 0 Å². The van der Waals surface area contributed by atoms with Crippen molar-refractivity contribution in [2.75, 3.05) is 25.2 Å². The van der Waals surface area contributed by atoms with Crippen LogP contribution in [0.15, 0.2) is 68.1 Å². The molecule has 24 heteroatoms. The number of nitrogens with zero attached hydrogens (tertiary/aromatic N) is 5. The molecule has 22 nitrogen and oxygen atoms in total. The number of hydrogen-bond acceptors (Lipinski definition) is 17. The maximum atomic E-state index is 14.1. The lowest BCUT2D eigenvalue weighted by atomic mass is 9.96. The molecule has 292 valence electrons. The van der Waals surface area contributed by atoms with E-state index in [1.165, 1.54) is 24.3 Å². The number of carboxylic acid groups (broad SMARTS) is 3. The summed E-state index contributed by atoms with van der Waals surface area (Å²) in [6.07, 6.45) is 0. The highest BCUT2D eigenvalue weighted by atomic mass is 32.2. The molecule has 56 heavy (non-hydrogen) atoms. The van der Waals surface area contributed by atoms with Gasteiger partial charge in [0.05, 0.1) is 0 Å². The quantitative estimate of drug-likeness (QED) is 0.0267. The van der Waals surface area contributed by atoms with E-state index in [0.717, 1.165) is 58.4 Å². The van der Waals surface area contributed by atoms with Crippen LogP contribution in [0.1, 0.15) is 22.0 Å². The Morgan fingerprint density at radius 3 is 2.43 bits per heavy atom. The molecule has 2 aliphatic heterocycles. The average Bonchev–Trinajstić information content (AvgIpc) is 3.60. The largest absolute Gasteiger partial charge is 0.504 e. The first kappa shape index (κ1) is 39.0. The van der Waals surface area contributed by atoms with Crippen LogP contribution in [-0.4, -0.2) is 123 Å². The van der Waals surface area contributed by atoms with Gasteiger partial charge in [0.25, 0.3) is 17.5 Å². The van der Waals surface area contributed by atoms with Gasteiger partial charge >= 0.3 is 23.5 Å². The number of tetrazole rings is 1. The van der Waals surface area contributed by atoms with Crippen molar-refractivity contribution in [2.45, 2.75) is 28.8 Å². The molecule has 6 rings (SSSR count). The van der Waals surface area contributed by atoms with Gasteiger partial charge in [-0.15, -0.1) is 16.9 Å². The third kappa shape index (κ3) is 7.51. The van der Waals surface area contributed by atoms with Crippen molar-refractivity contribution < 1.29 is 68.2 Å². The smallest absolute Gasteiger partial charge is 0.352 e. The number of aromatic hydroxyl groups is 2. The van der Waals surface area contributed by atoms with Gasteiger partial charge in [0.15, 0.2) is 18.1 Å². The number of carbonyl (C=O) groups excluding carboxylic acids is 3. The number of nitrogens with one attached hydrogen (secondary N) is 2. The standard InChI is InChI=1S/C32H27N7O15S2/c1-52-32(29(51)39-24(27(48)49)15(11-55-30(32)39)12-56-31-35-36-37-38(31)9-21(42)43)34-26(47)23(13-2-4-16(5-3-13)53-10-22(44)45)33-25(46)17-6-14-7-18(40)19(41)8-20(14)54-28(17)50/h2-8,23,30,40-41H,9-12H2,1H3,(H,33,46)(H,34,47)(H,42,43)(H,44,45)(H,48,49)/t23?,30-,32-/m0/s1. The molecule has 0 radical (unpaired) electrons. The summed E-state index contributed by atoms with van der Waals surface area (Å²) >= 11 is 1.98. The number of β-lactam (4-membered cyclic amide) rings is 1. The zero-order valence-corrected chi connectivity index (χ0v) is 30.0. The molecule has 0 bridgehead atoms. The lowest BCUT2D eigenvalue weighted by Gasteiger charge is -2.56. The zero-order valence-electron chi connectivity index (χ0n) is 28.4. The van der Waals surface area contributed by atoms with Crippen LogP contribution in [0.3, 0.4) is 0 Å².